The number of carboxylic acid groups (broad SMARTS) is 1. The van der Waals surface area contributed by atoms with Gasteiger partial charge in [0.15, 0.2) is 0 Å². The number of benzene rings is 2. The summed E-state index contributed by atoms with van der Waals surface area (Å²) in [5.41, 5.74) is 6.44. The number of carbonyl (C=O) groups is 2. The second-order valence-corrected chi connectivity index (χ2v) is 6.58. The van der Waals surface area contributed by atoms with E-state index < -0.39 is 11.9 Å². The molecule has 0 spiro atoms. The average Bonchev–Trinajstić information content (AvgIpc) is 2.70. The third-order valence-electron chi connectivity index (χ3n) is 3.44. The molecule has 0 aliphatic heterocycles. The molecular formula is C21H24BrNO5. The Morgan fingerprint density at radius 2 is 1.61 bits per heavy atom. The van der Waals surface area contributed by atoms with Crippen molar-refractivity contribution >= 4 is 33.6 Å². The van der Waals surface area contributed by atoms with Crippen molar-refractivity contribution in [3.63, 3.8) is 0 Å². The van der Waals surface area contributed by atoms with E-state index in [9.17, 15) is 9.59 Å². The maximum absolute atomic E-state index is 10.8. The third kappa shape index (κ3) is 10.4. The van der Waals surface area contributed by atoms with E-state index in [0.29, 0.717) is 19.0 Å². The topological polar surface area (TPSA) is 98.8 Å². The molecule has 0 heterocycles. The van der Waals surface area contributed by atoms with Crippen molar-refractivity contribution in [2.24, 2.45) is 0 Å². The zero-order valence-electron chi connectivity index (χ0n) is 15.5. The molecule has 2 aromatic rings. The first kappa shape index (κ1) is 23.2. The molecule has 2 aromatic carbocycles. The number of aromatic carboxylic acids is 1. The summed E-state index contributed by atoms with van der Waals surface area (Å²) >= 11 is 3.29. The summed E-state index contributed by atoms with van der Waals surface area (Å²) < 4.78 is 11.4. The molecule has 7 heteroatoms. The number of halogens is 1. The van der Waals surface area contributed by atoms with E-state index in [4.69, 9.17) is 20.3 Å². The van der Waals surface area contributed by atoms with Gasteiger partial charge in [0.25, 0.3) is 0 Å². The molecule has 3 N–H and O–H groups in total. The lowest BCUT2D eigenvalue weighted by Gasteiger charge is -2.06. The van der Waals surface area contributed by atoms with Gasteiger partial charge in [-0.15, -0.1) is 0 Å². The molecule has 150 valence electrons. The maximum atomic E-state index is 10.8. The van der Waals surface area contributed by atoms with Crippen molar-refractivity contribution < 1.29 is 24.2 Å². The molecular weight excluding hydrogens is 426 g/mol. The van der Waals surface area contributed by atoms with Crippen LogP contribution in [0, 0.1) is 0 Å². The van der Waals surface area contributed by atoms with Crippen molar-refractivity contribution in [1.82, 2.24) is 0 Å². The summed E-state index contributed by atoms with van der Waals surface area (Å²) in [5, 5.41) is 8.75. The van der Waals surface area contributed by atoms with Gasteiger partial charge in [-0.3, -0.25) is 0 Å². The fourth-order valence-corrected chi connectivity index (χ4v) is 2.22. The van der Waals surface area contributed by atoms with Gasteiger partial charge in [-0.25, -0.2) is 9.59 Å². The van der Waals surface area contributed by atoms with Crippen LogP contribution in [0.2, 0.25) is 0 Å². The Bertz CT molecular complexity index is 723. The molecule has 6 nitrogen and oxygen atoms in total. The fraction of sp³-hybridized carbons (Fsp3) is 0.238. The van der Waals surface area contributed by atoms with E-state index in [1.165, 1.54) is 12.1 Å². The Labute approximate surface area is 173 Å². The quantitative estimate of drug-likeness (QED) is 0.249. The van der Waals surface area contributed by atoms with Gasteiger partial charge in [-0.05, 0) is 67.8 Å². The van der Waals surface area contributed by atoms with E-state index >= 15 is 0 Å². The van der Waals surface area contributed by atoms with E-state index in [-0.39, 0.29) is 5.56 Å². The minimum atomic E-state index is -0.953. The number of carboxylic acids is 1. The Balaban J connectivity index is 0.000000406. The van der Waals surface area contributed by atoms with E-state index in [0.717, 1.165) is 35.5 Å². The van der Waals surface area contributed by atoms with Crippen LogP contribution >= 0.6 is 15.9 Å². The molecule has 0 aromatic heterocycles. The Morgan fingerprint density at radius 1 is 1.00 bits per heavy atom. The highest BCUT2D eigenvalue weighted by Crippen LogP contribution is 2.13. The maximum Gasteiger partial charge on any atom is 0.335 e. The van der Waals surface area contributed by atoms with Crippen LogP contribution in [-0.2, 0) is 9.53 Å². The fourth-order valence-electron chi connectivity index (χ4n) is 1.96. The molecule has 0 amide bonds. The van der Waals surface area contributed by atoms with Gasteiger partial charge in [0.05, 0.1) is 18.8 Å². The molecule has 0 fully saturated rings. The van der Waals surface area contributed by atoms with Crippen LogP contribution in [-0.4, -0.2) is 30.3 Å². The zero-order chi connectivity index (χ0) is 20.8. The van der Waals surface area contributed by atoms with Gasteiger partial charge in [0, 0.05) is 16.2 Å². The summed E-state index contributed by atoms with van der Waals surface area (Å²) in [7, 11) is 0. The van der Waals surface area contributed by atoms with Crippen molar-refractivity contribution in [1.29, 1.82) is 0 Å². The van der Waals surface area contributed by atoms with Crippen LogP contribution in [0.1, 0.15) is 29.6 Å². The first-order valence-electron chi connectivity index (χ1n) is 8.68. The van der Waals surface area contributed by atoms with Crippen LogP contribution in [0.25, 0.3) is 0 Å². The number of unbranched alkanes of at least 4 members (excludes halogenated alkanes) is 2. The summed E-state index contributed by atoms with van der Waals surface area (Å²) in [6, 6.07) is 13.8. The van der Waals surface area contributed by atoms with Crippen molar-refractivity contribution in [3.05, 3.63) is 71.2 Å². The number of hydrogen-bond donors (Lipinski definition) is 2. The van der Waals surface area contributed by atoms with Gasteiger partial charge < -0.3 is 20.3 Å². The smallest absolute Gasteiger partial charge is 0.335 e. The van der Waals surface area contributed by atoms with E-state index in [1.807, 2.05) is 24.3 Å². The van der Waals surface area contributed by atoms with Crippen molar-refractivity contribution in [2.45, 2.75) is 19.3 Å². The summed E-state index contributed by atoms with van der Waals surface area (Å²) in [5.74, 6) is -0.710. The number of nitrogens with two attached hydrogens (primary N) is 1. The molecule has 0 atom stereocenters. The zero-order valence-corrected chi connectivity index (χ0v) is 17.1. The molecule has 2 rings (SSSR count). The highest BCUT2D eigenvalue weighted by Gasteiger charge is 2.02. The van der Waals surface area contributed by atoms with Gasteiger partial charge in [-0.2, -0.15) is 0 Å². The predicted octanol–water partition coefficient (Wildman–Crippen LogP) is 4.69. The molecule has 0 saturated heterocycles. The summed E-state index contributed by atoms with van der Waals surface area (Å²) in [6.45, 7) is 4.24. The van der Waals surface area contributed by atoms with Crippen LogP contribution < -0.4 is 10.5 Å². The summed E-state index contributed by atoms with van der Waals surface area (Å²) in [6.07, 6.45) is 3.65. The molecule has 0 aliphatic rings. The summed E-state index contributed by atoms with van der Waals surface area (Å²) in [4.78, 5) is 21.4. The van der Waals surface area contributed by atoms with E-state index in [2.05, 4.69) is 22.5 Å². The lowest BCUT2D eigenvalue weighted by atomic mass is 10.2. The molecule has 28 heavy (non-hydrogen) atoms. The number of esters is 1. The molecule has 0 unspecified atom stereocenters. The number of rotatable bonds is 9. The standard InChI is InChI=1S/C15H18O5.C6H6BrN/c1-2-14(16)20-11-5-3-4-10-19-13-8-6-12(7-9-13)15(17)18;7-5-1-3-6(8)4-2-5/h2,6-9H,1,3-5,10-11H2,(H,17,18);1-4H,8H2. The second kappa shape index (κ2) is 13.4. The molecule has 0 aliphatic carbocycles. The van der Waals surface area contributed by atoms with Crippen LogP contribution in [0.5, 0.6) is 5.75 Å². The minimum Gasteiger partial charge on any atom is -0.494 e. The molecule has 0 radical (unpaired) electrons. The number of carbonyl (C=O) groups excluding carboxylic acids is 1. The first-order chi connectivity index (χ1) is 13.4. The van der Waals surface area contributed by atoms with Crippen LogP contribution in [0.4, 0.5) is 5.69 Å². The average molecular weight is 450 g/mol. The van der Waals surface area contributed by atoms with Crippen molar-refractivity contribution in [2.75, 3.05) is 18.9 Å². The number of hydrogen-bond acceptors (Lipinski definition) is 5. The Morgan fingerprint density at radius 3 is 2.14 bits per heavy atom. The number of nitrogen functional groups attached to an aromatic ring is 1. The minimum absolute atomic E-state index is 0.237. The Hall–Kier alpha value is -2.80. The monoisotopic (exact) mass is 449 g/mol. The lowest BCUT2D eigenvalue weighted by Crippen LogP contribution is -2.03. The SMILES string of the molecule is C=CC(=O)OCCCCCOc1ccc(C(=O)O)cc1.Nc1ccc(Br)cc1. The highest BCUT2D eigenvalue weighted by atomic mass is 79.9. The van der Waals surface area contributed by atoms with E-state index in [1.54, 1.807) is 12.1 Å². The van der Waals surface area contributed by atoms with Crippen LogP contribution in [0.15, 0.2) is 65.7 Å². The Kier molecular flexibility index (Phi) is 11.1. The van der Waals surface area contributed by atoms with Gasteiger partial charge in [0.2, 0.25) is 0 Å². The molecule has 0 saturated carbocycles. The van der Waals surface area contributed by atoms with Crippen LogP contribution in [0.3, 0.4) is 0 Å². The number of anilines is 1. The predicted molar refractivity (Wildman–Crippen MR) is 112 cm³/mol. The highest BCUT2D eigenvalue weighted by molar-refractivity contribution is 9.10. The largest absolute Gasteiger partial charge is 0.494 e. The van der Waals surface area contributed by atoms with Gasteiger partial charge in [-0.1, -0.05) is 22.5 Å². The third-order valence-corrected chi connectivity index (χ3v) is 3.97. The normalized spacial score (nSPS) is 9.61. The lowest BCUT2D eigenvalue weighted by molar-refractivity contribution is -0.137. The first-order valence-corrected chi connectivity index (χ1v) is 9.48. The second-order valence-electron chi connectivity index (χ2n) is 5.66. The van der Waals surface area contributed by atoms with Gasteiger partial charge in [0.1, 0.15) is 5.75 Å². The number of ether oxygens (including phenoxy) is 2. The van der Waals surface area contributed by atoms with Crippen molar-refractivity contribution in [3.8, 4) is 5.75 Å². The van der Waals surface area contributed by atoms with Gasteiger partial charge >= 0.3 is 11.9 Å². The molecule has 0 bridgehead atoms.